The minimum atomic E-state index is -3.98. The van der Waals surface area contributed by atoms with E-state index in [-0.39, 0.29) is 28.3 Å². The molecule has 0 aliphatic carbocycles. The monoisotopic (exact) mass is 340 g/mol. The lowest BCUT2D eigenvalue weighted by molar-refractivity contribution is -0.384. The molecule has 0 radical (unpaired) electrons. The number of aromatic nitrogens is 2. The Morgan fingerprint density at radius 2 is 1.78 bits per heavy atom. The number of nitrogens with one attached hydrogen (secondary N) is 1. The van der Waals surface area contributed by atoms with E-state index >= 15 is 0 Å². The molecule has 0 spiro atoms. The van der Waals surface area contributed by atoms with E-state index in [0.29, 0.717) is 0 Å². The van der Waals surface area contributed by atoms with Crippen molar-refractivity contribution in [3.63, 3.8) is 0 Å². The minimum absolute atomic E-state index is 0.0629. The first-order chi connectivity index (χ1) is 10.9. The molecule has 0 bridgehead atoms. The molecule has 11 heteroatoms. The van der Waals surface area contributed by atoms with E-state index in [1.54, 1.807) is 0 Å². The van der Waals surface area contributed by atoms with Crippen molar-refractivity contribution < 1.29 is 22.8 Å². The van der Waals surface area contributed by atoms with Crippen molar-refractivity contribution in [1.82, 2.24) is 9.97 Å². The molecule has 2 rings (SSSR count). The fraction of sp³-hybridized carbons (Fsp3) is 0.167. The first-order valence-corrected chi connectivity index (χ1v) is 7.58. The van der Waals surface area contributed by atoms with E-state index in [4.69, 9.17) is 9.47 Å². The number of sulfonamides is 1. The van der Waals surface area contributed by atoms with Crippen LogP contribution < -0.4 is 14.2 Å². The van der Waals surface area contributed by atoms with Gasteiger partial charge in [0.1, 0.15) is 0 Å². The Morgan fingerprint density at radius 3 is 2.30 bits per heavy atom. The highest BCUT2D eigenvalue weighted by Crippen LogP contribution is 2.21. The van der Waals surface area contributed by atoms with E-state index in [0.717, 1.165) is 24.3 Å². The van der Waals surface area contributed by atoms with Gasteiger partial charge in [-0.05, 0) is 12.1 Å². The number of nitrogens with zero attached hydrogens (tertiary/aromatic N) is 3. The number of methoxy groups -OCH3 is 2. The molecule has 0 aliphatic heterocycles. The summed E-state index contributed by atoms with van der Waals surface area (Å²) >= 11 is 0. The quantitative estimate of drug-likeness (QED) is 0.612. The predicted molar refractivity (Wildman–Crippen MR) is 79.0 cm³/mol. The van der Waals surface area contributed by atoms with E-state index in [2.05, 4.69) is 14.7 Å². The molecule has 10 nitrogen and oxygen atoms in total. The average Bonchev–Trinajstić information content (AvgIpc) is 2.54. The van der Waals surface area contributed by atoms with Gasteiger partial charge in [-0.3, -0.25) is 14.8 Å². The molecule has 1 N–H and O–H groups in total. The van der Waals surface area contributed by atoms with Gasteiger partial charge >= 0.3 is 6.01 Å². The summed E-state index contributed by atoms with van der Waals surface area (Å²) in [6.07, 6.45) is 0. The topological polar surface area (TPSA) is 134 Å². The number of hydrogen-bond donors (Lipinski definition) is 1. The molecule has 0 fully saturated rings. The first kappa shape index (κ1) is 16.4. The Morgan fingerprint density at radius 1 is 1.13 bits per heavy atom. The maximum absolute atomic E-state index is 12.3. The molecule has 1 aromatic heterocycles. The third-order valence-corrected chi connectivity index (χ3v) is 4.04. The molecule has 1 aromatic carbocycles. The molecule has 122 valence electrons. The zero-order valence-corrected chi connectivity index (χ0v) is 12.9. The molecule has 0 saturated heterocycles. The maximum atomic E-state index is 12.3. The van der Waals surface area contributed by atoms with Gasteiger partial charge in [0.25, 0.3) is 15.7 Å². The van der Waals surface area contributed by atoms with Crippen LogP contribution in [0.1, 0.15) is 0 Å². The van der Waals surface area contributed by atoms with Gasteiger partial charge < -0.3 is 9.47 Å². The fourth-order valence-electron chi connectivity index (χ4n) is 1.60. The van der Waals surface area contributed by atoms with Crippen LogP contribution in [0, 0.1) is 10.1 Å². The second-order valence-corrected chi connectivity index (χ2v) is 5.82. The van der Waals surface area contributed by atoms with E-state index in [1.165, 1.54) is 20.3 Å². The van der Waals surface area contributed by atoms with Crippen molar-refractivity contribution in [2.24, 2.45) is 0 Å². The Kier molecular flexibility index (Phi) is 4.60. The molecule has 1 heterocycles. The second kappa shape index (κ2) is 6.44. The molecule has 23 heavy (non-hydrogen) atoms. The number of hydrogen-bond acceptors (Lipinski definition) is 8. The molecule has 0 saturated carbocycles. The standard InChI is InChI=1S/C12H12N4O6S/c1-21-11-7-10(13-12(14-11)22-2)15-23(19,20)9-5-3-8(4-6-9)16(17)18/h3-7H,1-2H3,(H,13,14,15). The van der Waals surface area contributed by atoms with Crippen LogP contribution in [0.15, 0.2) is 35.2 Å². The number of ether oxygens (including phenoxy) is 2. The van der Waals surface area contributed by atoms with Crippen molar-refractivity contribution in [2.45, 2.75) is 4.90 Å². The summed E-state index contributed by atoms with van der Waals surface area (Å²) in [6.45, 7) is 0. The van der Waals surface area contributed by atoms with Gasteiger partial charge in [-0.15, -0.1) is 0 Å². The largest absolute Gasteiger partial charge is 0.481 e. The lowest BCUT2D eigenvalue weighted by Crippen LogP contribution is -2.14. The highest BCUT2D eigenvalue weighted by molar-refractivity contribution is 7.92. The summed E-state index contributed by atoms with van der Waals surface area (Å²) in [4.78, 5) is 17.5. The summed E-state index contributed by atoms with van der Waals surface area (Å²) in [6, 6.07) is 5.62. The number of benzene rings is 1. The van der Waals surface area contributed by atoms with Gasteiger partial charge in [-0.25, -0.2) is 8.42 Å². The SMILES string of the molecule is COc1cc(NS(=O)(=O)c2ccc([N+](=O)[O-])cc2)nc(OC)n1. The summed E-state index contributed by atoms with van der Waals surface area (Å²) in [5, 5.41) is 10.6. The van der Waals surface area contributed by atoms with Gasteiger partial charge in [-0.1, -0.05) is 0 Å². The fourth-order valence-corrected chi connectivity index (χ4v) is 2.59. The summed E-state index contributed by atoms with van der Waals surface area (Å²) in [7, 11) is -1.30. The molecule has 2 aromatic rings. The zero-order chi connectivity index (χ0) is 17.0. The lowest BCUT2D eigenvalue weighted by Gasteiger charge is -2.09. The van der Waals surface area contributed by atoms with Crippen LogP contribution in [0.4, 0.5) is 11.5 Å². The number of rotatable bonds is 6. The zero-order valence-electron chi connectivity index (χ0n) is 12.1. The maximum Gasteiger partial charge on any atom is 0.321 e. The number of nitro groups is 1. The van der Waals surface area contributed by atoms with Crippen molar-refractivity contribution >= 4 is 21.5 Å². The predicted octanol–water partition coefficient (Wildman–Crippen LogP) is 1.20. The third-order valence-electron chi connectivity index (χ3n) is 2.67. The Bertz CT molecular complexity index is 800. The van der Waals surface area contributed by atoms with Gasteiger partial charge in [0, 0.05) is 18.2 Å². The molecule has 0 unspecified atom stereocenters. The number of nitro benzene ring substituents is 1. The normalized spacial score (nSPS) is 10.9. The minimum Gasteiger partial charge on any atom is -0.481 e. The van der Waals surface area contributed by atoms with Crippen LogP contribution in [0.25, 0.3) is 0 Å². The lowest BCUT2D eigenvalue weighted by atomic mass is 10.3. The van der Waals surface area contributed by atoms with Crippen LogP contribution in [-0.4, -0.2) is 37.5 Å². The van der Waals surface area contributed by atoms with Crippen molar-refractivity contribution in [1.29, 1.82) is 0 Å². The average molecular weight is 340 g/mol. The van der Waals surface area contributed by atoms with Crippen molar-refractivity contribution in [3.8, 4) is 11.9 Å². The van der Waals surface area contributed by atoms with Crippen LogP contribution in [0.5, 0.6) is 11.9 Å². The van der Waals surface area contributed by atoms with Gasteiger partial charge in [0.2, 0.25) is 5.88 Å². The van der Waals surface area contributed by atoms with Gasteiger partial charge in [0.15, 0.2) is 5.82 Å². The number of non-ortho nitro benzene ring substituents is 1. The molecule has 0 aliphatic rings. The third kappa shape index (κ3) is 3.83. The van der Waals surface area contributed by atoms with E-state index in [1.807, 2.05) is 0 Å². The van der Waals surface area contributed by atoms with Crippen LogP contribution in [0.2, 0.25) is 0 Å². The van der Waals surface area contributed by atoms with Crippen molar-refractivity contribution in [3.05, 3.63) is 40.4 Å². The molecule has 0 atom stereocenters. The van der Waals surface area contributed by atoms with Crippen LogP contribution >= 0.6 is 0 Å². The smallest absolute Gasteiger partial charge is 0.321 e. The Balaban J connectivity index is 2.32. The Hall–Kier alpha value is -2.95. The molecular weight excluding hydrogens is 328 g/mol. The highest BCUT2D eigenvalue weighted by atomic mass is 32.2. The van der Waals surface area contributed by atoms with Gasteiger partial charge in [-0.2, -0.15) is 9.97 Å². The van der Waals surface area contributed by atoms with Crippen LogP contribution in [0.3, 0.4) is 0 Å². The summed E-state index contributed by atoms with van der Waals surface area (Å²) in [5.74, 6) is 0.0466. The van der Waals surface area contributed by atoms with Crippen molar-refractivity contribution in [2.75, 3.05) is 18.9 Å². The van der Waals surface area contributed by atoms with E-state index in [9.17, 15) is 18.5 Å². The van der Waals surface area contributed by atoms with Crippen LogP contribution in [-0.2, 0) is 10.0 Å². The Labute approximate surface area is 131 Å². The highest BCUT2D eigenvalue weighted by Gasteiger charge is 2.18. The van der Waals surface area contributed by atoms with Gasteiger partial charge in [0.05, 0.1) is 24.0 Å². The number of anilines is 1. The summed E-state index contributed by atoms with van der Waals surface area (Å²) < 4.78 is 36.5. The first-order valence-electron chi connectivity index (χ1n) is 6.10. The van der Waals surface area contributed by atoms with E-state index < -0.39 is 14.9 Å². The molecular formula is C12H12N4O6S. The second-order valence-electron chi connectivity index (χ2n) is 4.14. The molecule has 0 amide bonds. The summed E-state index contributed by atoms with van der Waals surface area (Å²) in [5.41, 5.74) is -0.214.